The molecule has 8 unspecified atom stereocenters. The van der Waals surface area contributed by atoms with E-state index in [1.165, 1.54) is 61.6 Å². The number of fused-ring (bicyclic) bond motifs is 8. The predicted octanol–water partition coefficient (Wildman–Crippen LogP) is 14.9. The highest BCUT2D eigenvalue weighted by molar-refractivity contribution is 5.90. The van der Waals surface area contributed by atoms with Gasteiger partial charge in [-0.15, -0.1) is 0 Å². The Morgan fingerprint density at radius 3 is 2.34 bits per heavy atom. The van der Waals surface area contributed by atoms with E-state index in [-0.39, 0.29) is 41.5 Å². The van der Waals surface area contributed by atoms with Gasteiger partial charge in [-0.1, -0.05) is 176 Å². The summed E-state index contributed by atoms with van der Waals surface area (Å²) in [6, 6.07) is 39.7. The van der Waals surface area contributed by atoms with Crippen LogP contribution in [0.2, 0.25) is 0 Å². The predicted molar refractivity (Wildman–Crippen MR) is 273 cm³/mol. The van der Waals surface area contributed by atoms with Gasteiger partial charge in [0, 0.05) is 63.0 Å². The molecule has 14 rings (SSSR count). The van der Waals surface area contributed by atoms with Gasteiger partial charge in [0.15, 0.2) is 0 Å². The third kappa shape index (κ3) is 6.22. The third-order valence-corrected chi connectivity index (χ3v) is 16.5. The van der Waals surface area contributed by atoms with Gasteiger partial charge in [0.05, 0.1) is 24.3 Å². The fourth-order valence-electron chi connectivity index (χ4n) is 13.5. The molecule has 2 fully saturated rings. The fraction of sp³-hybridized carbons (Fsp3) is 0.238. The lowest BCUT2D eigenvalue weighted by Gasteiger charge is -2.44. The van der Waals surface area contributed by atoms with Crippen LogP contribution in [0.5, 0.6) is 0 Å². The number of furan rings is 1. The number of ether oxygens (including phenoxy) is 1. The first-order chi connectivity index (χ1) is 33.2. The normalized spacial score (nSPS) is 30.3. The van der Waals surface area contributed by atoms with Crippen molar-refractivity contribution in [1.82, 2.24) is 0 Å². The van der Waals surface area contributed by atoms with Crippen LogP contribution >= 0.6 is 0 Å². The number of benzene rings is 4. The second-order valence-corrected chi connectivity index (χ2v) is 20.0. The number of anilines is 2. The summed E-state index contributed by atoms with van der Waals surface area (Å²) in [5.41, 5.74) is 15.5. The van der Waals surface area contributed by atoms with E-state index in [2.05, 4.69) is 216 Å². The topological polar surface area (TPSA) is 28.9 Å². The minimum atomic E-state index is 0.000293. The first-order valence-electron chi connectivity index (χ1n) is 24.8. The molecule has 67 heavy (non-hydrogen) atoms. The van der Waals surface area contributed by atoms with E-state index in [1.54, 1.807) is 5.57 Å². The molecule has 0 bridgehead atoms. The van der Waals surface area contributed by atoms with Gasteiger partial charge in [-0.2, -0.15) is 0 Å². The van der Waals surface area contributed by atoms with E-state index in [9.17, 15) is 0 Å². The molecule has 9 atom stereocenters. The average Bonchev–Trinajstić information content (AvgIpc) is 3.86. The average molecular weight is 871 g/mol. The second kappa shape index (κ2) is 15.6. The van der Waals surface area contributed by atoms with Crippen LogP contribution in [0.25, 0.3) is 28.2 Å². The second-order valence-electron chi connectivity index (χ2n) is 20.0. The van der Waals surface area contributed by atoms with Crippen LogP contribution in [0.3, 0.4) is 0 Å². The number of hydrogen-bond acceptors (Lipinski definition) is 4. The lowest BCUT2D eigenvalue weighted by atomic mass is 9.62. The van der Waals surface area contributed by atoms with Crippen molar-refractivity contribution < 1.29 is 9.15 Å². The van der Waals surface area contributed by atoms with Crippen molar-refractivity contribution in [2.75, 3.05) is 9.80 Å². The minimum Gasteiger partial charge on any atom is -0.458 e. The van der Waals surface area contributed by atoms with Crippen LogP contribution in [0.15, 0.2) is 238 Å². The van der Waals surface area contributed by atoms with Gasteiger partial charge in [0.1, 0.15) is 11.3 Å². The quantitative estimate of drug-likeness (QED) is 0.155. The molecule has 8 aliphatic carbocycles. The number of rotatable bonds is 8. The summed E-state index contributed by atoms with van der Waals surface area (Å²) in [7, 11) is 0. The van der Waals surface area contributed by atoms with Crippen molar-refractivity contribution in [3.63, 3.8) is 0 Å². The number of nitrogens with zero attached hydrogens (tertiary/aromatic N) is 2. The van der Waals surface area contributed by atoms with Crippen LogP contribution < -0.4 is 9.80 Å². The van der Waals surface area contributed by atoms with Gasteiger partial charge in [0.2, 0.25) is 0 Å². The Morgan fingerprint density at radius 1 is 0.642 bits per heavy atom. The van der Waals surface area contributed by atoms with Crippen molar-refractivity contribution >= 4 is 28.4 Å². The highest BCUT2D eigenvalue weighted by atomic mass is 16.5. The summed E-state index contributed by atoms with van der Waals surface area (Å²) in [5, 5.41) is 1.18. The molecule has 1 aliphatic heterocycles. The Labute approximate surface area is 394 Å². The van der Waals surface area contributed by atoms with E-state index >= 15 is 0 Å². The molecule has 0 N–H and O–H groups in total. The first kappa shape index (κ1) is 39.3. The molecule has 2 heterocycles. The zero-order valence-electron chi connectivity index (χ0n) is 37.7. The van der Waals surface area contributed by atoms with Gasteiger partial charge >= 0.3 is 0 Å². The minimum absolute atomic E-state index is 0.000293. The molecule has 1 saturated heterocycles. The van der Waals surface area contributed by atoms with Gasteiger partial charge in [-0.05, 0) is 102 Å². The van der Waals surface area contributed by atoms with E-state index in [0.29, 0.717) is 11.8 Å². The van der Waals surface area contributed by atoms with Crippen LogP contribution in [-0.2, 0) is 4.74 Å². The Hall–Kier alpha value is -6.88. The number of hydrogen-bond donors (Lipinski definition) is 0. The van der Waals surface area contributed by atoms with Crippen molar-refractivity contribution in [1.29, 1.82) is 0 Å². The molecule has 0 amide bonds. The SMILES string of the molecule is C1=CC2=C3C(OC4CC(N(c5ccccc5-c5ccccc5)C5CC=Cc6c5oc5ccccc65)=CC5CC354)C3C=CC(N(c4ccccc4)C4C=CC(C5=CCCC=C5)=CC4)=C[C@@H]3C2C=C1. The summed E-state index contributed by atoms with van der Waals surface area (Å²) >= 11 is 0. The molecular weight excluding hydrogens is 817 g/mol. The van der Waals surface area contributed by atoms with Crippen molar-refractivity contribution in [3.8, 4) is 11.1 Å². The molecule has 9 aliphatic rings. The van der Waals surface area contributed by atoms with E-state index in [4.69, 9.17) is 9.15 Å². The van der Waals surface area contributed by atoms with E-state index < -0.39 is 0 Å². The number of para-hydroxylation sites is 3. The van der Waals surface area contributed by atoms with Crippen LogP contribution in [0, 0.1) is 29.1 Å². The maximum Gasteiger partial charge on any atom is 0.135 e. The molecule has 1 aromatic heterocycles. The van der Waals surface area contributed by atoms with Gasteiger partial charge in [-0.3, -0.25) is 0 Å². The zero-order valence-corrected chi connectivity index (χ0v) is 37.7. The maximum absolute atomic E-state index is 7.69. The molecule has 4 heteroatoms. The van der Waals surface area contributed by atoms with Gasteiger partial charge < -0.3 is 19.0 Å². The van der Waals surface area contributed by atoms with Crippen molar-refractivity contribution in [3.05, 3.63) is 245 Å². The maximum atomic E-state index is 7.69. The fourth-order valence-corrected chi connectivity index (χ4v) is 13.5. The first-order valence-corrected chi connectivity index (χ1v) is 24.8. The highest BCUT2D eigenvalue weighted by Gasteiger charge is 2.71. The van der Waals surface area contributed by atoms with E-state index in [1.807, 2.05) is 0 Å². The molecule has 4 aromatic carbocycles. The Bertz CT molecular complexity index is 3180. The standard InChI is InChI=1S/C63H54N2O2/c1-4-17-41(18-5-1)42-31-33-46(34-32-42)64(45-21-8-3-9-22-45)47-35-36-54-55(38-47)50-24-10-11-26-52(50)60-62(54)67-59-39-48(37-44-40-63(44,59)60)65(56-28-14-12-23-49(56)43-19-6-2-7-20-43)57-29-16-27-53-51-25-13-15-30-58(51)66-61(53)57/h2-4,6-28,30-33,35-38,44,46,50,54-55,57,59,62H,1,5,29,34,39-40H2/t44?,46?,50?,54?,55-,57?,59?,62?,63?/m1/s1. The molecule has 1 spiro atoms. The van der Waals surface area contributed by atoms with Crippen molar-refractivity contribution in [2.24, 2.45) is 29.1 Å². The van der Waals surface area contributed by atoms with Crippen LogP contribution in [-0.4, -0.2) is 18.2 Å². The Balaban J connectivity index is 0.826. The van der Waals surface area contributed by atoms with Crippen LogP contribution in [0.4, 0.5) is 11.4 Å². The largest absolute Gasteiger partial charge is 0.458 e. The lowest BCUT2D eigenvalue weighted by molar-refractivity contribution is -0.000274. The third-order valence-electron chi connectivity index (χ3n) is 16.5. The monoisotopic (exact) mass is 870 g/mol. The summed E-state index contributed by atoms with van der Waals surface area (Å²) < 4.78 is 14.6. The zero-order chi connectivity index (χ0) is 44.1. The van der Waals surface area contributed by atoms with Crippen molar-refractivity contribution in [2.45, 2.75) is 62.8 Å². The summed E-state index contributed by atoms with van der Waals surface area (Å²) in [6.07, 6.45) is 44.8. The molecule has 1 saturated carbocycles. The summed E-state index contributed by atoms with van der Waals surface area (Å²) in [6.45, 7) is 0. The molecule has 4 nitrogen and oxygen atoms in total. The van der Waals surface area contributed by atoms with Crippen LogP contribution in [0.1, 0.15) is 55.9 Å². The number of allylic oxidation sites excluding steroid dienone is 14. The molecule has 0 radical (unpaired) electrons. The molecule has 5 aromatic rings. The highest BCUT2D eigenvalue weighted by Crippen LogP contribution is 2.73. The van der Waals surface area contributed by atoms with Gasteiger partial charge in [0.25, 0.3) is 0 Å². The molecular formula is C63H54N2O2. The smallest absolute Gasteiger partial charge is 0.135 e. The lowest BCUT2D eigenvalue weighted by Crippen LogP contribution is -2.41. The Morgan fingerprint density at radius 2 is 1.48 bits per heavy atom. The molecule has 328 valence electrons. The van der Waals surface area contributed by atoms with E-state index in [0.717, 1.165) is 49.9 Å². The van der Waals surface area contributed by atoms with Gasteiger partial charge in [-0.25, -0.2) is 0 Å². The summed E-state index contributed by atoms with van der Waals surface area (Å²) in [4.78, 5) is 5.24. The Kier molecular flexibility index (Phi) is 9.15. The summed E-state index contributed by atoms with van der Waals surface area (Å²) in [5.74, 6) is 2.29.